The molecule has 3 aromatic rings. The minimum absolute atomic E-state index is 0.00505. The van der Waals surface area contributed by atoms with Gasteiger partial charge in [0.2, 0.25) is 11.8 Å². The molecule has 0 aliphatic heterocycles. The Morgan fingerprint density at radius 1 is 0.717 bits per heavy atom. The molecule has 4 N–H and O–H groups in total. The Labute approximate surface area is 290 Å². The van der Waals surface area contributed by atoms with E-state index in [0.29, 0.717) is 11.1 Å². The molecule has 0 aromatic heterocycles. The second-order valence-corrected chi connectivity index (χ2v) is 12.8. The Kier molecular flexibility index (Phi) is 13.2. The van der Waals surface area contributed by atoms with Crippen molar-refractivity contribution < 1.29 is 33.8 Å². The molecule has 0 aliphatic rings. The van der Waals surface area contributed by atoms with Gasteiger partial charge in [-0.05, 0) is 44.0 Å². The molecule has 0 bridgehead atoms. The summed E-state index contributed by atoms with van der Waals surface area (Å²) in [5.41, 5.74) is 0.468. The molecule has 0 heterocycles. The molecule has 3 amide bonds. The molecule has 0 fully saturated rings. The highest BCUT2D eigenvalue weighted by Gasteiger charge is 2.30. The summed E-state index contributed by atoms with van der Waals surface area (Å²) >= 11 is 30.3. The quantitative estimate of drug-likeness (QED) is 0.0759. The van der Waals surface area contributed by atoms with Crippen LogP contribution in [0, 0.1) is 0 Å². The summed E-state index contributed by atoms with van der Waals surface area (Å²) in [6, 6.07) is 12.5. The smallest absolute Gasteiger partial charge is 0.408 e. The molecular weight excluding hydrogens is 704 g/mol. The van der Waals surface area contributed by atoms with Crippen molar-refractivity contribution in [2.75, 3.05) is 6.54 Å². The number of hydrogen-bond donors (Lipinski definition) is 4. The summed E-state index contributed by atoms with van der Waals surface area (Å²) in [5.74, 6) is -2.75. The van der Waals surface area contributed by atoms with Gasteiger partial charge in [-0.15, -0.1) is 0 Å². The van der Waals surface area contributed by atoms with Gasteiger partial charge in [-0.2, -0.15) is 0 Å². The van der Waals surface area contributed by atoms with Gasteiger partial charge in [0.25, 0.3) is 0 Å². The van der Waals surface area contributed by atoms with E-state index in [1.807, 2.05) is 0 Å². The van der Waals surface area contributed by atoms with E-state index in [2.05, 4.69) is 16.0 Å². The second kappa shape index (κ2) is 16.4. The van der Waals surface area contributed by atoms with Gasteiger partial charge in [0.05, 0.1) is 15.1 Å². The van der Waals surface area contributed by atoms with Crippen molar-refractivity contribution in [1.82, 2.24) is 16.0 Å². The molecule has 2 atom stereocenters. The van der Waals surface area contributed by atoms with Gasteiger partial charge in [0.1, 0.15) is 40.0 Å². The lowest BCUT2D eigenvalue weighted by Crippen LogP contribution is -2.56. The normalized spacial score (nSPS) is 12.4. The maximum absolute atomic E-state index is 13.6. The fourth-order valence-electron chi connectivity index (χ4n) is 3.96. The SMILES string of the molecule is CC(C)(C)OC(=O)N[C@@H](Cc1ccc(O)cc1)C(=O)N[C@H](Cc1ccccc1)C(=O)NCC(=O)Oc1c(Cl)c(Cl)c(Cl)c(Cl)c1Cl. The first-order valence-corrected chi connectivity index (χ1v) is 15.6. The summed E-state index contributed by atoms with van der Waals surface area (Å²) in [4.78, 5) is 52.3. The monoisotopic (exact) mass is 731 g/mol. The predicted octanol–water partition coefficient (Wildman–Crippen LogP) is 6.54. The average Bonchev–Trinajstić information content (AvgIpc) is 3.00. The van der Waals surface area contributed by atoms with Crippen molar-refractivity contribution in [3.63, 3.8) is 0 Å². The molecule has 246 valence electrons. The van der Waals surface area contributed by atoms with Crippen LogP contribution >= 0.6 is 58.0 Å². The molecule has 0 saturated carbocycles. The first kappa shape index (κ1) is 37.1. The average molecular weight is 734 g/mol. The third-order valence-corrected chi connectivity index (χ3v) is 8.33. The number of nitrogens with one attached hydrogen (secondary N) is 3. The highest BCUT2D eigenvalue weighted by atomic mass is 35.5. The highest BCUT2D eigenvalue weighted by molar-refractivity contribution is 6.55. The number of phenols is 1. The lowest BCUT2D eigenvalue weighted by atomic mass is 10.0. The van der Waals surface area contributed by atoms with E-state index in [4.69, 9.17) is 67.5 Å². The molecule has 0 unspecified atom stereocenters. The zero-order chi connectivity index (χ0) is 34.2. The molecule has 0 spiro atoms. The first-order chi connectivity index (χ1) is 21.6. The van der Waals surface area contributed by atoms with Crippen LogP contribution in [0.5, 0.6) is 11.5 Å². The van der Waals surface area contributed by atoms with Crippen LogP contribution in [0.3, 0.4) is 0 Å². The fourth-order valence-corrected chi connectivity index (χ4v) is 5.16. The van der Waals surface area contributed by atoms with Gasteiger partial charge >= 0.3 is 12.1 Å². The van der Waals surface area contributed by atoms with Crippen LogP contribution in [0.15, 0.2) is 54.6 Å². The number of hydrogen-bond acceptors (Lipinski definition) is 7. The number of phenolic OH excluding ortho intramolecular Hbond substituents is 1. The first-order valence-electron chi connectivity index (χ1n) is 13.7. The van der Waals surface area contributed by atoms with Crippen molar-refractivity contribution >= 4 is 81.9 Å². The molecule has 0 radical (unpaired) electrons. The number of ether oxygens (including phenoxy) is 2. The van der Waals surface area contributed by atoms with Crippen LogP contribution in [0.1, 0.15) is 31.9 Å². The van der Waals surface area contributed by atoms with Crippen LogP contribution in [0.2, 0.25) is 25.1 Å². The van der Waals surface area contributed by atoms with Crippen LogP contribution in [0.25, 0.3) is 0 Å². The van der Waals surface area contributed by atoms with Crippen molar-refractivity contribution in [2.45, 2.75) is 51.3 Å². The van der Waals surface area contributed by atoms with E-state index in [1.165, 1.54) is 12.1 Å². The molecule has 10 nitrogen and oxygen atoms in total. The number of benzene rings is 3. The topological polar surface area (TPSA) is 143 Å². The number of carbonyl (C=O) groups is 4. The van der Waals surface area contributed by atoms with E-state index < -0.39 is 48.1 Å². The Bertz CT molecular complexity index is 1550. The minimum Gasteiger partial charge on any atom is -0.508 e. The third kappa shape index (κ3) is 10.8. The summed E-state index contributed by atoms with van der Waals surface area (Å²) in [6.07, 6.45) is -0.810. The number of amides is 3. The molecule has 3 aromatic carbocycles. The summed E-state index contributed by atoms with van der Waals surface area (Å²) in [7, 11) is 0. The number of alkyl carbamates (subject to hydrolysis) is 1. The van der Waals surface area contributed by atoms with Gasteiger partial charge in [-0.3, -0.25) is 9.59 Å². The largest absolute Gasteiger partial charge is 0.508 e. The fraction of sp³-hybridized carbons (Fsp3) is 0.290. The lowest BCUT2D eigenvalue weighted by Gasteiger charge is -2.25. The number of carbonyl (C=O) groups excluding carboxylic acids is 4. The lowest BCUT2D eigenvalue weighted by molar-refractivity contribution is -0.136. The van der Waals surface area contributed by atoms with Crippen molar-refractivity contribution in [2.24, 2.45) is 0 Å². The maximum Gasteiger partial charge on any atom is 0.408 e. The number of aromatic hydroxyl groups is 1. The zero-order valence-corrected chi connectivity index (χ0v) is 28.5. The van der Waals surface area contributed by atoms with Crippen LogP contribution in [-0.4, -0.2) is 53.2 Å². The van der Waals surface area contributed by atoms with E-state index in [9.17, 15) is 24.3 Å². The van der Waals surface area contributed by atoms with E-state index in [-0.39, 0.29) is 49.5 Å². The van der Waals surface area contributed by atoms with E-state index in [0.717, 1.165) is 0 Å². The minimum atomic E-state index is -1.20. The van der Waals surface area contributed by atoms with Gasteiger partial charge in [0.15, 0.2) is 5.75 Å². The molecule has 15 heteroatoms. The Hall–Kier alpha value is -3.41. The van der Waals surface area contributed by atoms with Crippen molar-refractivity contribution in [1.29, 1.82) is 0 Å². The Balaban J connectivity index is 1.79. The summed E-state index contributed by atoms with van der Waals surface area (Å²) in [6.45, 7) is 4.36. The number of esters is 1. The highest BCUT2D eigenvalue weighted by Crippen LogP contribution is 2.48. The van der Waals surface area contributed by atoms with Gasteiger partial charge < -0.3 is 30.5 Å². The van der Waals surface area contributed by atoms with Gasteiger partial charge in [-0.1, -0.05) is 100 Å². The van der Waals surface area contributed by atoms with E-state index >= 15 is 0 Å². The molecular formula is C31H30Cl5N3O7. The van der Waals surface area contributed by atoms with Crippen LogP contribution < -0.4 is 20.7 Å². The summed E-state index contributed by atoms with van der Waals surface area (Å²) < 4.78 is 10.5. The number of halogens is 5. The van der Waals surface area contributed by atoms with E-state index in [1.54, 1.807) is 63.2 Å². The molecule has 3 rings (SSSR count). The van der Waals surface area contributed by atoms with Crippen LogP contribution in [-0.2, 0) is 32.0 Å². The number of rotatable bonds is 11. The van der Waals surface area contributed by atoms with Crippen molar-refractivity contribution in [3.05, 3.63) is 90.8 Å². The van der Waals surface area contributed by atoms with Gasteiger partial charge in [0, 0.05) is 12.8 Å². The molecule has 46 heavy (non-hydrogen) atoms. The third-order valence-electron chi connectivity index (χ3n) is 6.09. The zero-order valence-electron chi connectivity index (χ0n) is 24.8. The van der Waals surface area contributed by atoms with Crippen molar-refractivity contribution in [3.8, 4) is 11.5 Å². The molecule has 0 saturated heterocycles. The molecule has 0 aliphatic carbocycles. The summed E-state index contributed by atoms with van der Waals surface area (Å²) in [5, 5.41) is 16.3. The van der Waals surface area contributed by atoms with Crippen LogP contribution in [0.4, 0.5) is 4.79 Å². The standard InChI is InChI=1S/C31H30Cl5N3O7/c1-31(2,3)46-30(44)39-20(14-17-9-11-18(40)12-10-17)29(43)38-19(13-16-7-5-4-6-8-16)28(42)37-15-21(41)45-27-25(35)23(33)22(32)24(34)26(27)36/h4-12,19-20,40H,13-15H2,1-3H3,(H,37,42)(H,38,43)(H,39,44)/t19-,20+/m1/s1. The predicted molar refractivity (Wildman–Crippen MR) is 177 cm³/mol. The van der Waals surface area contributed by atoms with Gasteiger partial charge in [-0.25, -0.2) is 9.59 Å². The maximum atomic E-state index is 13.6. The Morgan fingerprint density at radius 2 is 1.22 bits per heavy atom. The Morgan fingerprint density at radius 3 is 1.76 bits per heavy atom. The second-order valence-electron chi connectivity index (χ2n) is 10.9.